The summed E-state index contributed by atoms with van der Waals surface area (Å²) in [7, 11) is 1.60. The summed E-state index contributed by atoms with van der Waals surface area (Å²) in [6.07, 6.45) is 1.10. The number of aliphatic hydroxyl groups is 1. The molecule has 0 radical (unpaired) electrons. The molecule has 0 amide bonds. The fourth-order valence-corrected chi connectivity index (χ4v) is 4.97. The van der Waals surface area contributed by atoms with Crippen LogP contribution in [0.25, 0.3) is 10.2 Å². The summed E-state index contributed by atoms with van der Waals surface area (Å²) >= 11 is 1.17. The van der Waals surface area contributed by atoms with Gasteiger partial charge in [-0.25, -0.2) is 9.78 Å². The van der Waals surface area contributed by atoms with Crippen LogP contribution in [0.15, 0.2) is 29.1 Å². The number of H-pyrrole nitrogens is 1. The zero-order valence-corrected chi connectivity index (χ0v) is 21.2. The Bertz CT molecular complexity index is 1230. The highest BCUT2D eigenvalue weighted by molar-refractivity contribution is 7.20. The first kappa shape index (κ1) is 25.2. The molecule has 188 valence electrons. The second-order valence-corrected chi connectivity index (χ2v) is 10.0. The van der Waals surface area contributed by atoms with E-state index in [4.69, 9.17) is 14.2 Å². The zero-order valence-electron chi connectivity index (χ0n) is 20.4. The lowest BCUT2D eigenvalue weighted by Gasteiger charge is -2.24. The van der Waals surface area contributed by atoms with E-state index in [2.05, 4.69) is 14.9 Å². The molecule has 4 rings (SSSR count). The molecule has 2 N–H and O–H groups in total. The van der Waals surface area contributed by atoms with Crippen LogP contribution >= 0.6 is 11.3 Å². The summed E-state index contributed by atoms with van der Waals surface area (Å²) in [4.78, 5) is 35.8. The summed E-state index contributed by atoms with van der Waals surface area (Å²) in [5.74, 6) is 1.45. The van der Waals surface area contributed by atoms with Gasteiger partial charge < -0.3 is 24.3 Å². The quantitative estimate of drug-likeness (QED) is 0.385. The zero-order chi connectivity index (χ0) is 25.1. The predicted molar refractivity (Wildman–Crippen MR) is 133 cm³/mol. The Balaban J connectivity index is 1.44. The van der Waals surface area contributed by atoms with E-state index in [9.17, 15) is 14.7 Å². The van der Waals surface area contributed by atoms with Crippen molar-refractivity contribution in [2.24, 2.45) is 0 Å². The fraction of sp³-hybridized carbons (Fsp3) is 0.480. The van der Waals surface area contributed by atoms with Crippen molar-refractivity contribution in [3.63, 3.8) is 0 Å². The van der Waals surface area contributed by atoms with E-state index < -0.39 is 12.1 Å². The van der Waals surface area contributed by atoms with E-state index in [1.165, 1.54) is 11.3 Å². The molecule has 0 spiro atoms. The molecular weight excluding hydrogens is 470 g/mol. The van der Waals surface area contributed by atoms with Crippen LogP contribution in [0, 0.1) is 6.92 Å². The SMILES string of the molecule is COc1ccc(OC[C@@H](O)CN(Cc2nc3sc(C(=O)OC(C)C)c(C)c3c(=O)[nH]2)C2CC2)cc1. The largest absolute Gasteiger partial charge is 0.497 e. The van der Waals surface area contributed by atoms with E-state index in [0.29, 0.717) is 51.4 Å². The Labute approximate surface area is 207 Å². The maximum Gasteiger partial charge on any atom is 0.348 e. The smallest absolute Gasteiger partial charge is 0.348 e. The minimum atomic E-state index is -0.713. The van der Waals surface area contributed by atoms with Gasteiger partial charge in [0.15, 0.2) is 0 Å². The van der Waals surface area contributed by atoms with Crippen LogP contribution in [0.1, 0.15) is 47.7 Å². The van der Waals surface area contributed by atoms with Crippen molar-refractivity contribution in [3.05, 3.63) is 50.9 Å². The molecule has 0 bridgehead atoms. The van der Waals surface area contributed by atoms with Gasteiger partial charge in [-0.05, 0) is 63.4 Å². The number of aryl methyl sites for hydroxylation is 1. The maximum absolute atomic E-state index is 12.8. The minimum absolute atomic E-state index is 0.143. The molecule has 9 nitrogen and oxygen atoms in total. The molecule has 0 aliphatic heterocycles. The molecule has 35 heavy (non-hydrogen) atoms. The third kappa shape index (κ3) is 6.19. The standard InChI is InChI=1S/C25H31N3O6S/c1-14(2)34-25(31)22-15(3)21-23(30)26-20(27-24(21)35-22)12-28(16-5-6-16)11-17(29)13-33-19-9-7-18(32-4)8-10-19/h7-10,14,16-17,29H,5-6,11-13H2,1-4H3,(H,26,27,30)/t17-/m0/s1. The number of thiophene rings is 1. The van der Waals surface area contributed by atoms with Crippen molar-refractivity contribution in [2.45, 2.75) is 58.4 Å². The van der Waals surface area contributed by atoms with Crippen molar-refractivity contribution >= 4 is 27.5 Å². The van der Waals surface area contributed by atoms with Crippen LogP contribution in [0.2, 0.25) is 0 Å². The molecule has 0 unspecified atom stereocenters. The van der Waals surface area contributed by atoms with E-state index in [1.54, 1.807) is 52.1 Å². The first-order chi connectivity index (χ1) is 16.7. The van der Waals surface area contributed by atoms with Gasteiger partial charge in [-0.1, -0.05) is 0 Å². The number of hydrogen-bond acceptors (Lipinski definition) is 9. The molecule has 0 saturated heterocycles. The van der Waals surface area contributed by atoms with Crippen LogP contribution in [-0.2, 0) is 11.3 Å². The summed E-state index contributed by atoms with van der Waals surface area (Å²) in [5.41, 5.74) is 0.308. The number of carbonyl (C=O) groups excluding carboxylic acids is 1. The van der Waals surface area contributed by atoms with Gasteiger partial charge in [0.25, 0.3) is 5.56 Å². The monoisotopic (exact) mass is 501 g/mol. The van der Waals surface area contributed by atoms with E-state index in [1.807, 2.05) is 0 Å². The number of ether oxygens (including phenoxy) is 3. The lowest BCUT2D eigenvalue weighted by atomic mass is 10.2. The van der Waals surface area contributed by atoms with Gasteiger partial charge in [0.2, 0.25) is 0 Å². The molecular formula is C25H31N3O6S. The van der Waals surface area contributed by atoms with Crippen molar-refractivity contribution in [1.82, 2.24) is 14.9 Å². The Hall–Kier alpha value is -2.95. The number of methoxy groups -OCH3 is 1. The predicted octanol–water partition coefficient (Wildman–Crippen LogP) is 3.27. The Morgan fingerprint density at radius 2 is 1.94 bits per heavy atom. The van der Waals surface area contributed by atoms with Crippen molar-refractivity contribution in [2.75, 3.05) is 20.3 Å². The lowest BCUT2D eigenvalue weighted by molar-refractivity contribution is 0.0383. The number of aromatic nitrogens is 2. The molecule has 1 atom stereocenters. The molecule has 2 heterocycles. The third-order valence-electron chi connectivity index (χ3n) is 5.74. The second kappa shape index (κ2) is 10.8. The van der Waals surface area contributed by atoms with Crippen LogP contribution in [-0.4, -0.2) is 64.5 Å². The van der Waals surface area contributed by atoms with Gasteiger partial charge in [-0.15, -0.1) is 11.3 Å². The lowest BCUT2D eigenvalue weighted by Crippen LogP contribution is -2.37. The number of nitrogens with one attached hydrogen (secondary N) is 1. The molecule has 1 aliphatic rings. The minimum Gasteiger partial charge on any atom is -0.497 e. The van der Waals surface area contributed by atoms with Crippen LogP contribution in [0.3, 0.4) is 0 Å². The highest BCUT2D eigenvalue weighted by atomic mass is 32.1. The summed E-state index contributed by atoms with van der Waals surface area (Å²) in [6, 6.07) is 7.52. The van der Waals surface area contributed by atoms with Crippen LogP contribution in [0.4, 0.5) is 0 Å². The van der Waals surface area contributed by atoms with Gasteiger partial charge >= 0.3 is 5.97 Å². The highest BCUT2D eigenvalue weighted by Gasteiger charge is 2.31. The number of benzene rings is 1. The van der Waals surface area contributed by atoms with E-state index in [-0.39, 0.29) is 18.3 Å². The molecule has 1 aromatic carbocycles. The number of hydrogen-bond donors (Lipinski definition) is 2. The van der Waals surface area contributed by atoms with Gasteiger partial charge in [-0.2, -0.15) is 0 Å². The van der Waals surface area contributed by atoms with Gasteiger partial charge in [0.05, 0.1) is 25.1 Å². The average Bonchev–Trinajstić information content (AvgIpc) is 3.60. The number of aromatic amines is 1. The van der Waals surface area contributed by atoms with E-state index >= 15 is 0 Å². The molecule has 1 aliphatic carbocycles. The number of nitrogens with zero attached hydrogens (tertiary/aromatic N) is 2. The van der Waals surface area contributed by atoms with Crippen molar-refractivity contribution < 1.29 is 24.1 Å². The molecule has 1 saturated carbocycles. The normalized spacial score (nSPS) is 14.5. The first-order valence-corrected chi connectivity index (χ1v) is 12.5. The topological polar surface area (TPSA) is 114 Å². The molecule has 10 heteroatoms. The van der Waals surface area contributed by atoms with Crippen LogP contribution < -0.4 is 15.0 Å². The summed E-state index contributed by atoms with van der Waals surface area (Å²) in [6.45, 7) is 6.22. The number of rotatable bonds is 11. The Morgan fingerprint density at radius 3 is 2.57 bits per heavy atom. The number of esters is 1. The van der Waals surface area contributed by atoms with Gasteiger partial charge in [0, 0.05) is 12.6 Å². The Morgan fingerprint density at radius 1 is 1.26 bits per heavy atom. The highest BCUT2D eigenvalue weighted by Crippen LogP contribution is 2.30. The summed E-state index contributed by atoms with van der Waals surface area (Å²) in [5, 5.41) is 11.0. The van der Waals surface area contributed by atoms with Crippen molar-refractivity contribution in [1.29, 1.82) is 0 Å². The fourth-order valence-electron chi connectivity index (χ4n) is 3.89. The maximum atomic E-state index is 12.8. The summed E-state index contributed by atoms with van der Waals surface area (Å²) < 4.78 is 16.2. The third-order valence-corrected chi connectivity index (χ3v) is 6.91. The second-order valence-electron chi connectivity index (χ2n) is 9.00. The van der Waals surface area contributed by atoms with Gasteiger partial charge in [-0.3, -0.25) is 9.69 Å². The average molecular weight is 502 g/mol. The number of carbonyl (C=O) groups is 1. The van der Waals surface area contributed by atoms with Gasteiger partial charge in [0.1, 0.15) is 39.7 Å². The first-order valence-electron chi connectivity index (χ1n) is 11.7. The number of aliphatic hydroxyl groups excluding tert-OH is 1. The molecule has 2 aromatic heterocycles. The molecule has 3 aromatic rings. The van der Waals surface area contributed by atoms with E-state index in [0.717, 1.165) is 18.6 Å². The van der Waals surface area contributed by atoms with Crippen LogP contribution in [0.5, 0.6) is 11.5 Å². The molecule has 1 fully saturated rings. The van der Waals surface area contributed by atoms with Crippen molar-refractivity contribution in [3.8, 4) is 11.5 Å². The number of fused-ring (bicyclic) bond motifs is 1. The Kier molecular flexibility index (Phi) is 7.73.